The lowest BCUT2D eigenvalue weighted by molar-refractivity contribution is 1.18. The Morgan fingerprint density at radius 3 is 1.76 bits per heavy atom. The first kappa shape index (κ1) is 28.2. The summed E-state index contributed by atoms with van der Waals surface area (Å²) in [7, 11) is 0. The number of aromatic nitrogens is 2. The zero-order valence-corrected chi connectivity index (χ0v) is 27.9. The smallest absolute Gasteiger partial charge is 0.0547 e. The molecule has 11 rings (SSSR count). The zero-order chi connectivity index (χ0) is 33.5. The van der Waals surface area contributed by atoms with Crippen molar-refractivity contribution in [1.29, 1.82) is 0 Å². The molecule has 2 heteroatoms. The molecule has 2 aromatic heterocycles. The van der Waals surface area contributed by atoms with E-state index in [1.165, 1.54) is 99.5 Å². The molecule has 10 aromatic rings. The molecular weight excluding hydrogens is 617 g/mol. The average Bonchev–Trinajstić information content (AvgIpc) is 3.85. The van der Waals surface area contributed by atoms with Crippen LogP contribution in [0.4, 0.5) is 0 Å². The number of hydrogen-bond donors (Lipinski definition) is 0. The molecule has 0 bridgehead atoms. The lowest BCUT2D eigenvalue weighted by Crippen LogP contribution is -1.95. The van der Waals surface area contributed by atoms with Crippen LogP contribution in [0.2, 0.25) is 0 Å². The fourth-order valence-electron chi connectivity index (χ4n) is 8.68. The van der Waals surface area contributed by atoms with Crippen molar-refractivity contribution in [3.05, 3.63) is 193 Å². The number of nitrogens with zero attached hydrogens (tertiary/aromatic N) is 2. The summed E-state index contributed by atoms with van der Waals surface area (Å²) in [6.07, 6.45) is 0.993. The Kier molecular flexibility index (Phi) is 6.05. The standard InChI is InChI=1S/C49H32N2/c1-2-15-37(16-3-1)50-46-23-9-7-20-42(46)44-30-32(25-27-47(44)50)33-24-26-43-41-19-6-8-22-45(41)51(48(43)31-33)38-17-10-13-35(29-38)40-21-11-14-36-28-34-12-4-5-18-39(34)49(36)40/h1-27,29-31H,28H2. The average molecular weight is 649 g/mol. The second-order valence-corrected chi connectivity index (χ2v) is 13.7. The fraction of sp³-hybridized carbons (Fsp3) is 0.0204. The molecule has 0 saturated heterocycles. The number of benzene rings is 8. The number of fused-ring (bicyclic) bond motifs is 9. The molecule has 0 aliphatic heterocycles. The van der Waals surface area contributed by atoms with Gasteiger partial charge in [-0.15, -0.1) is 0 Å². The summed E-state index contributed by atoms with van der Waals surface area (Å²) in [5, 5.41) is 5.05. The second-order valence-electron chi connectivity index (χ2n) is 13.7. The van der Waals surface area contributed by atoms with Gasteiger partial charge in [0.2, 0.25) is 0 Å². The van der Waals surface area contributed by atoms with Crippen LogP contribution < -0.4 is 0 Å². The molecule has 1 aliphatic rings. The third kappa shape index (κ3) is 4.23. The number of para-hydroxylation sites is 3. The highest BCUT2D eigenvalue weighted by atomic mass is 15.0. The Bertz CT molecular complexity index is 2990. The predicted octanol–water partition coefficient (Wildman–Crippen LogP) is 12.8. The third-order valence-electron chi connectivity index (χ3n) is 10.9. The van der Waals surface area contributed by atoms with Crippen LogP contribution in [0.1, 0.15) is 11.1 Å². The lowest BCUT2D eigenvalue weighted by atomic mass is 9.94. The predicted molar refractivity (Wildman–Crippen MR) is 214 cm³/mol. The van der Waals surface area contributed by atoms with Crippen LogP contribution in [0.25, 0.3) is 88.4 Å². The van der Waals surface area contributed by atoms with Crippen LogP contribution in [-0.2, 0) is 6.42 Å². The van der Waals surface area contributed by atoms with Gasteiger partial charge in [0.1, 0.15) is 0 Å². The molecule has 0 N–H and O–H groups in total. The van der Waals surface area contributed by atoms with E-state index in [2.05, 4.69) is 191 Å². The largest absolute Gasteiger partial charge is 0.309 e. The van der Waals surface area contributed by atoms with Gasteiger partial charge in [0.25, 0.3) is 0 Å². The van der Waals surface area contributed by atoms with Crippen molar-refractivity contribution < 1.29 is 0 Å². The van der Waals surface area contributed by atoms with Crippen LogP contribution in [0.3, 0.4) is 0 Å². The van der Waals surface area contributed by atoms with Crippen molar-refractivity contribution in [2.75, 3.05) is 0 Å². The minimum Gasteiger partial charge on any atom is -0.309 e. The highest BCUT2D eigenvalue weighted by Gasteiger charge is 2.22. The van der Waals surface area contributed by atoms with Gasteiger partial charge >= 0.3 is 0 Å². The van der Waals surface area contributed by atoms with Gasteiger partial charge in [-0.2, -0.15) is 0 Å². The van der Waals surface area contributed by atoms with Crippen LogP contribution in [0.15, 0.2) is 182 Å². The van der Waals surface area contributed by atoms with Gasteiger partial charge in [-0.05, 0) is 106 Å². The molecule has 238 valence electrons. The van der Waals surface area contributed by atoms with Crippen molar-refractivity contribution in [3.8, 4) is 44.8 Å². The van der Waals surface area contributed by atoms with Gasteiger partial charge in [0, 0.05) is 32.9 Å². The minimum absolute atomic E-state index is 0.993. The monoisotopic (exact) mass is 648 g/mol. The lowest BCUT2D eigenvalue weighted by Gasteiger charge is -2.14. The summed E-state index contributed by atoms with van der Waals surface area (Å²) in [4.78, 5) is 0. The summed E-state index contributed by atoms with van der Waals surface area (Å²) in [5.41, 5.74) is 17.7. The summed E-state index contributed by atoms with van der Waals surface area (Å²) in [6, 6.07) is 66.9. The summed E-state index contributed by atoms with van der Waals surface area (Å²) < 4.78 is 4.83. The van der Waals surface area contributed by atoms with Crippen molar-refractivity contribution in [2.45, 2.75) is 6.42 Å². The molecule has 51 heavy (non-hydrogen) atoms. The Morgan fingerprint density at radius 2 is 0.902 bits per heavy atom. The number of hydrogen-bond acceptors (Lipinski definition) is 0. The summed E-state index contributed by atoms with van der Waals surface area (Å²) in [6.45, 7) is 0. The SMILES string of the molecule is c1ccc(-n2c3ccccc3c3cc(-c4ccc5c6ccccc6n(-c6cccc(-c7cccc8c7-c7ccccc7C8)c6)c5c4)ccc32)cc1. The van der Waals surface area contributed by atoms with Crippen LogP contribution in [0.5, 0.6) is 0 Å². The van der Waals surface area contributed by atoms with Gasteiger partial charge < -0.3 is 9.13 Å². The Balaban J connectivity index is 1.09. The maximum absolute atomic E-state index is 2.45. The topological polar surface area (TPSA) is 9.86 Å². The molecule has 0 saturated carbocycles. The Labute approximate surface area is 296 Å². The van der Waals surface area contributed by atoms with E-state index in [4.69, 9.17) is 0 Å². The van der Waals surface area contributed by atoms with E-state index in [1.807, 2.05) is 0 Å². The molecule has 0 spiro atoms. The first-order valence-electron chi connectivity index (χ1n) is 17.7. The summed E-state index contributed by atoms with van der Waals surface area (Å²) >= 11 is 0. The van der Waals surface area contributed by atoms with Gasteiger partial charge in [0.05, 0.1) is 22.1 Å². The molecule has 0 radical (unpaired) electrons. The maximum atomic E-state index is 2.45. The van der Waals surface area contributed by atoms with Crippen molar-refractivity contribution in [1.82, 2.24) is 9.13 Å². The van der Waals surface area contributed by atoms with Crippen molar-refractivity contribution >= 4 is 43.6 Å². The quantitative estimate of drug-likeness (QED) is 0.180. The molecule has 0 atom stereocenters. The molecule has 0 fully saturated rings. The Hall–Kier alpha value is -6.64. The van der Waals surface area contributed by atoms with Gasteiger partial charge in [-0.3, -0.25) is 0 Å². The van der Waals surface area contributed by atoms with E-state index in [-0.39, 0.29) is 0 Å². The molecule has 2 nitrogen and oxygen atoms in total. The van der Waals surface area contributed by atoms with Crippen LogP contribution >= 0.6 is 0 Å². The van der Waals surface area contributed by atoms with E-state index < -0.39 is 0 Å². The number of rotatable bonds is 4. The zero-order valence-electron chi connectivity index (χ0n) is 27.9. The van der Waals surface area contributed by atoms with E-state index in [1.54, 1.807) is 0 Å². The van der Waals surface area contributed by atoms with Gasteiger partial charge in [-0.25, -0.2) is 0 Å². The molecule has 8 aromatic carbocycles. The van der Waals surface area contributed by atoms with Gasteiger partial charge in [-0.1, -0.05) is 127 Å². The third-order valence-corrected chi connectivity index (χ3v) is 10.9. The van der Waals surface area contributed by atoms with Crippen molar-refractivity contribution in [3.63, 3.8) is 0 Å². The highest BCUT2D eigenvalue weighted by Crippen LogP contribution is 2.44. The molecule has 0 amide bonds. The van der Waals surface area contributed by atoms with Gasteiger partial charge in [0.15, 0.2) is 0 Å². The minimum atomic E-state index is 0.993. The van der Waals surface area contributed by atoms with Crippen molar-refractivity contribution in [2.24, 2.45) is 0 Å². The maximum Gasteiger partial charge on any atom is 0.0547 e. The first-order chi connectivity index (χ1) is 25.3. The first-order valence-corrected chi connectivity index (χ1v) is 17.7. The second kappa shape index (κ2) is 10.9. The van der Waals surface area contributed by atoms with Crippen LogP contribution in [-0.4, -0.2) is 9.13 Å². The molecule has 2 heterocycles. The van der Waals surface area contributed by atoms with Crippen LogP contribution in [0, 0.1) is 0 Å². The molecule has 0 unspecified atom stereocenters. The van der Waals surface area contributed by atoms with E-state index >= 15 is 0 Å². The fourth-order valence-corrected chi connectivity index (χ4v) is 8.68. The highest BCUT2D eigenvalue weighted by molar-refractivity contribution is 6.12. The van der Waals surface area contributed by atoms with E-state index in [0.717, 1.165) is 6.42 Å². The summed E-state index contributed by atoms with van der Waals surface area (Å²) in [5.74, 6) is 0. The van der Waals surface area contributed by atoms with E-state index in [0.29, 0.717) is 0 Å². The molecular formula is C49H32N2. The normalized spacial score (nSPS) is 12.2. The van der Waals surface area contributed by atoms with E-state index in [9.17, 15) is 0 Å². The molecule has 1 aliphatic carbocycles. The Morgan fingerprint density at radius 1 is 0.314 bits per heavy atom.